The van der Waals surface area contributed by atoms with Crippen molar-refractivity contribution in [3.8, 4) is 0 Å². The molecule has 0 saturated carbocycles. The van der Waals surface area contributed by atoms with Gasteiger partial charge in [-0.3, -0.25) is 9.48 Å². The van der Waals surface area contributed by atoms with Gasteiger partial charge in [-0.2, -0.15) is 5.10 Å². The zero-order valence-corrected chi connectivity index (χ0v) is 12.1. The summed E-state index contributed by atoms with van der Waals surface area (Å²) in [6.07, 6.45) is 1.55. The number of hydrogen-bond acceptors (Lipinski definition) is 2. The van der Waals surface area contributed by atoms with Crippen LogP contribution in [0.2, 0.25) is 0 Å². The second-order valence-electron chi connectivity index (χ2n) is 6.44. The maximum atomic E-state index is 12.2. The number of amides is 1. The second-order valence-corrected chi connectivity index (χ2v) is 6.44. The van der Waals surface area contributed by atoms with Gasteiger partial charge in [0.15, 0.2) is 0 Å². The molecule has 4 heteroatoms. The molecule has 0 fully saturated rings. The van der Waals surface area contributed by atoms with Crippen molar-refractivity contribution in [2.24, 2.45) is 12.5 Å². The van der Waals surface area contributed by atoms with Crippen molar-refractivity contribution in [3.05, 3.63) is 17.0 Å². The van der Waals surface area contributed by atoms with Crippen LogP contribution in [0.15, 0.2) is 0 Å². The Hall–Kier alpha value is -1.32. The van der Waals surface area contributed by atoms with Crippen LogP contribution < -0.4 is 0 Å². The van der Waals surface area contributed by atoms with Crippen LogP contribution in [0.3, 0.4) is 0 Å². The number of carbonyl (C=O) groups is 1. The van der Waals surface area contributed by atoms with Gasteiger partial charge in [-0.25, -0.2) is 0 Å². The Balaban J connectivity index is 2.12. The van der Waals surface area contributed by atoms with Crippen molar-refractivity contribution in [2.75, 3.05) is 6.54 Å². The Labute approximate surface area is 109 Å². The fourth-order valence-corrected chi connectivity index (χ4v) is 2.56. The summed E-state index contributed by atoms with van der Waals surface area (Å²) in [6.45, 7) is 9.90. The summed E-state index contributed by atoms with van der Waals surface area (Å²) in [4.78, 5) is 14.2. The molecule has 0 spiro atoms. The SMILES string of the molecule is Cc1nn(C)c2c1CCN(C(=O)CC(C)(C)C)C2. The average Bonchev–Trinajstić information content (AvgIpc) is 2.52. The fraction of sp³-hybridized carbons (Fsp3) is 0.714. The lowest BCUT2D eigenvalue weighted by atomic mass is 9.91. The molecule has 18 heavy (non-hydrogen) atoms. The molecule has 1 aliphatic heterocycles. The summed E-state index contributed by atoms with van der Waals surface area (Å²) in [5, 5.41) is 4.44. The first-order chi connectivity index (χ1) is 8.28. The maximum Gasteiger partial charge on any atom is 0.223 e. The highest BCUT2D eigenvalue weighted by Crippen LogP contribution is 2.25. The number of aryl methyl sites for hydroxylation is 2. The molecule has 0 aliphatic carbocycles. The van der Waals surface area contributed by atoms with Gasteiger partial charge in [0.2, 0.25) is 5.91 Å². The van der Waals surface area contributed by atoms with Crippen LogP contribution in [0.25, 0.3) is 0 Å². The third-order valence-electron chi connectivity index (χ3n) is 3.48. The molecule has 0 aromatic carbocycles. The number of aromatic nitrogens is 2. The summed E-state index contributed by atoms with van der Waals surface area (Å²) in [6, 6.07) is 0. The standard InChI is InChI=1S/C14H23N3O/c1-10-11-6-7-17(9-12(11)16(5)15-10)13(18)8-14(2,3)4/h6-9H2,1-5H3. The highest BCUT2D eigenvalue weighted by Gasteiger charge is 2.27. The third kappa shape index (κ3) is 2.57. The van der Waals surface area contributed by atoms with E-state index in [1.165, 1.54) is 11.3 Å². The molecular weight excluding hydrogens is 226 g/mol. The van der Waals surface area contributed by atoms with Crippen molar-refractivity contribution in [2.45, 2.75) is 47.1 Å². The van der Waals surface area contributed by atoms with Crippen LogP contribution in [0.4, 0.5) is 0 Å². The van der Waals surface area contributed by atoms with E-state index in [1.54, 1.807) is 0 Å². The van der Waals surface area contributed by atoms with E-state index in [-0.39, 0.29) is 11.3 Å². The lowest BCUT2D eigenvalue weighted by Crippen LogP contribution is -2.38. The van der Waals surface area contributed by atoms with Crippen LogP contribution in [0.5, 0.6) is 0 Å². The molecule has 1 aromatic heterocycles. The van der Waals surface area contributed by atoms with Gasteiger partial charge in [-0.05, 0) is 24.3 Å². The molecule has 1 amide bonds. The molecule has 0 saturated heterocycles. The van der Waals surface area contributed by atoms with Crippen LogP contribution in [-0.2, 0) is 24.8 Å². The first-order valence-corrected chi connectivity index (χ1v) is 6.57. The first-order valence-electron chi connectivity index (χ1n) is 6.57. The zero-order valence-electron chi connectivity index (χ0n) is 12.1. The first kappa shape index (κ1) is 13.1. The van der Waals surface area contributed by atoms with Crippen LogP contribution in [0, 0.1) is 12.3 Å². The topological polar surface area (TPSA) is 38.1 Å². The Morgan fingerprint density at radius 1 is 1.39 bits per heavy atom. The van der Waals surface area contributed by atoms with E-state index in [9.17, 15) is 4.79 Å². The number of carbonyl (C=O) groups excluding carboxylic acids is 1. The summed E-state index contributed by atoms with van der Waals surface area (Å²) in [5.41, 5.74) is 3.69. The predicted molar refractivity (Wildman–Crippen MR) is 71.1 cm³/mol. The molecule has 0 bridgehead atoms. The minimum Gasteiger partial charge on any atom is -0.336 e. The van der Waals surface area contributed by atoms with Gasteiger partial charge < -0.3 is 4.90 Å². The Kier molecular flexibility index (Phi) is 3.21. The van der Waals surface area contributed by atoms with E-state index in [2.05, 4.69) is 25.9 Å². The normalized spacial score (nSPS) is 15.7. The average molecular weight is 249 g/mol. The van der Waals surface area contributed by atoms with Gasteiger partial charge in [-0.1, -0.05) is 20.8 Å². The van der Waals surface area contributed by atoms with E-state index < -0.39 is 0 Å². The molecule has 0 atom stereocenters. The van der Waals surface area contributed by atoms with Gasteiger partial charge in [0.1, 0.15) is 0 Å². The summed E-state index contributed by atoms with van der Waals surface area (Å²) < 4.78 is 1.92. The Morgan fingerprint density at radius 2 is 2.06 bits per heavy atom. The molecule has 2 rings (SSSR count). The lowest BCUT2D eigenvalue weighted by molar-refractivity contribution is -0.134. The van der Waals surface area contributed by atoms with Gasteiger partial charge >= 0.3 is 0 Å². The van der Waals surface area contributed by atoms with E-state index >= 15 is 0 Å². The molecule has 0 radical (unpaired) electrons. The fourth-order valence-electron chi connectivity index (χ4n) is 2.56. The van der Waals surface area contributed by atoms with E-state index in [0.29, 0.717) is 13.0 Å². The second kappa shape index (κ2) is 4.41. The van der Waals surface area contributed by atoms with Crippen LogP contribution in [0.1, 0.15) is 44.1 Å². The summed E-state index contributed by atoms with van der Waals surface area (Å²) >= 11 is 0. The van der Waals surface area contributed by atoms with Gasteiger partial charge in [0.05, 0.1) is 17.9 Å². The zero-order chi connectivity index (χ0) is 13.5. The molecule has 4 nitrogen and oxygen atoms in total. The van der Waals surface area contributed by atoms with Crippen molar-refractivity contribution in [1.29, 1.82) is 0 Å². The quantitative estimate of drug-likeness (QED) is 0.764. The van der Waals surface area contributed by atoms with E-state index in [1.807, 2.05) is 23.6 Å². The largest absolute Gasteiger partial charge is 0.336 e. The minimum atomic E-state index is 0.0553. The highest BCUT2D eigenvalue weighted by molar-refractivity contribution is 5.77. The molecule has 1 aromatic rings. The summed E-state index contributed by atoms with van der Waals surface area (Å²) in [5.74, 6) is 0.256. The van der Waals surface area contributed by atoms with Crippen molar-refractivity contribution in [1.82, 2.24) is 14.7 Å². The monoisotopic (exact) mass is 249 g/mol. The van der Waals surface area contributed by atoms with E-state index in [0.717, 1.165) is 18.7 Å². The van der Waals surface area contributed by atoms with Gasteiger partial charge in [0.25, 0.3) is 0 Å². The predicted octanol–water partition coefficient (Wildman–Crippen LogP) is 2.05. The maximum absolute atomic E-state index is 12.2. The minimum absolute atomic E-state index is 0.0553. The van der Waals surface area contributed by atoms with Crippen LogP contribution >= 0.6 is 0 Å². The number of nitrogens with zero attached hydrogens (tertiary/aromatic N) is 3. The smallest absolute Gasteiger partial charge is 0.223 e. The van der Waals surface area contributed by atoms with Gasteiger partial charge in [-0.15, -0.1) is 0 Å². The van der Waals surface area contributed by atoms with Gasteiger partial charge in [0, 0.05) is 20.0 Å². The van der Waals surface area contributed by atoms with Crippen LogP contribution in [-0.4, -0.2) is 27.1 Å². The van der Waals surface area contributed by atoms with E-state index in [4.69, 9.17) is 0 Å². The number of fused-ring (bicyclic) bond motifs is 1. The molecule has 2 heterocycles. The van der Waals surface area contributed by atoms with Crippen molar-refractivity contribution < 1.29 is 4.79 Å². The molecule has 100 valence electrons. The molecule has 0 unspecified atom stereocenters. The molecule has 1 aliphatic rings. The Bertz CT molecular complexity index is 468. The molecular formula is C14H23N3O. The molecule has 0 N–H and O–H groups in total. The lowest BCUT2D eigenvalue weighted by Gasteiger charge is -2.30. The van der Waals surface area contributed by atoms with Crippen molar-refractivity contribution in [3.63, 3.8) is 0 Å². The van der Waals surface area contributed by atoms with Crippen molar-refractivity contribution >= 4 is 5.91 Å². The number of hydrogen-bond donors (Lipinski definition) is 0. The third-order valence-corrected chi connectivity index (χ3v) is 3.48. The summed E-state index contributed by atoms with van der Waals surface area (Å²) in [7, 11) is 1.96. The highest BCUT2D eigenvalue weighted by atomic mass is 16.2. The Morgan fingerprint density at radius 3 is 2.67 bits per heavy atom. The number of rotatable bonds is 1.